The molecule has 0 fully saturated rings. The van der Waals surface area contributed by atoms with Crippen LogP contribution in [0.3, 0.4) is 0 Å². The van der Waals surface area contributed by atoms with Crippen LogP contribution >= 0.6 is 0 Å². The molecular formula is C9H10FNO3S. The summed E-state index contributed by atoms with van der Waals surface area (Å²) in [6.07, 6.45) is 0.323. The van der Waals surface area contributed by atoms with Gasteiger partial charge < -0.3 is 5.32 Å². The molecule has 0 spiro atoms. The number of carbonyl (C=O) groups is 1. The highest BCUT2D eigenvalue weighted by Gasteiger charge is 2.10. The van der Waals surface area contributed by atoms with E-state index in [1.807, 2.05) is 0 Å². The third-order valence-electron chi connectivity index (χ3n) is 1.74. The quantitative estimate of drug-likeness (QED) is 0.805. The van der Waals surface area contributed by atoms with E-state index in [4.69, 9.17) is 0 Å². The second-order valence-electron chi connectivity index (χ2n) is 2.86. The molecule has 1 aromatic rings. The SMILES string of the molecule is CCC(=O)Nc1ccc(S(=O)(=O)F)cc1. The van der Waals surface area contributed by atoms with Crippen LogP contribution in [-0.4, -0.2) is 14.3 Å². The van der Waals surface area contributed by atoms with E-state index in [0.29, 0.717) is 12.1 Å². The number of nitrogens with one attached hydrogen (secondary N) is 1. The second kappa shape index (κ2) is 4.39. The summed E-state index contributed by atoms with van der Waals surface area (Å²) in [5.74, 6) is -0.189. The van der Waals surface area contributed by atoms with Crippen LogP contribution in [0.2, 0.25) is 0 Å². The molecule has 0 saturated carbocycles. The molecule has 0 bridgehead atoms. The highest BCUT2D eigenvalue weighted by molar-refractivity contribution is 7.86. The zero-order valence-electron chi connectivity index (χ0n) is 8.03. The molecule has 1 rings (SSSR count). The summed E-state index contributed by atoms with van der Waals surface area (Å²) in [4.78, 5) is 10.5. The van der Waals surface area contributed by atoms with E-state index in [1.165, 1.54) is 12.1 Å². The number of benzene rings is 1. The Morgan fingerprint density at radius 2 is 1.87 bits per heavy atom. The summed E-state index contributed by atoms with van der Waals surface area (Å²) in [5, 5.41) is 2.51. The Morgan fingerprint density at radius 3 is 2.27 bits per heavy atom. The van der Waals surface area contributed by atoms with E-state index in [-0.39, 0.29) is 5.91 Å². The minimum atomic E-state index is -4.67. The van der Waals surface area contributed by atoms with E-state index in [9.17, 15) is 17.1 Å². The van der Waals surface area contributed by atoms with Crippen molar-refractivity contribution in [1.29, 1.82) is 0 Å². The lowest BCUT2D eigenvalue weighted by Gasteiger charge is -2.03. The van der Waals surface area contributed by atoms with Crippen LogP contribution in [0.1, 0.15) is 13.3 Å². The summed E-state index contributed by atoms with van der Waals surface area (Å²) in [5.41, 5.74) is 0.439. The predicted octanol–water partition coefficient (Wildman–Crippen LogP) is 1.69. The van der Waals surface area contributed by atoms with Gasteiger partial charge in [-0.2, -0.15) is 8.42 Å². The van der Waals surface area contributed by atoms with E-state index in [1.54, 1.807) is 6.92 Å². The van der Waals surface area contributed by atoms with Crippen molar-refractivity contribution in [2.45, 2.75) is 18.2 Å². The predicted molar refractivity (Wildman–Crippen MR) is 53.7 cm³/mol. The monoisotopic (exact) mass is 231 g/mol. The van der Waals surface area contributed by atoms with Crippen molar-refractivity contribution in [2.75, 3.05) is 5.32 Å². The fourth-order valence-electron chi connectivity index (χ4n) is 0.950. The van der Waals surface area contributed by atoms with E-state index in [2.05, 4.69) is 5.32 Å². The molecule has 4 nitrogen and oxygen atoms in total. The van der Waals surface area contributed by atoms with Crippen molar-refractivity contribution >= 4 is 21.8 Å². The fourth-order valence-corrected chi connectivity index (χ4v) is 1.41. The van der Waals surface area contributed by atoms with Crippen LogP contribution in [0.15, 0.2) is 29.2 Å². The number of carbonyl (C=O) groups excluding carboxylic acids is 1. The fraction of sp³-hybridized carbons (Fsp3) is 0.222. The number of amides is 1. The molecule has 0 radical (unpaired) electrons. The van der Waals surface area contributed by atoms with Crippen molar-refractivity contribution in [1.82, 2.24) is 0 Å². The molecule has 0 aromatic heterocycles. The van der Waals surface area contributed by atoms with Gasteiger partial charge in [0.1, 0.15) is 0 Å². The first kappa shape index (κ1) is 11.6. The van der Waals surface area contributed by atoms with E-state index < -0.39 is 15.1 Å². The largest absolute Gasteiger partial charge is 0.332 e. The van der Waals surface area contributed by atoms with Crippen LogP contribution in [-0.2, 0) is 15.0 Å². The molecule has 0 heterocycles. The van der Waals surface area contributed by atoms with Gasteiger partial charge in [-0.15, -0.1) is 3.89 Å². The van der Waals surface area contributed by atoms with Crippen molar-refractivity contribution < 1.29 is 17.1 Å². The summed E-state index contributed by atoms with van der Waals surface area (Å²) in [6.45, 7) is 1.69. The summed E-state index contributed by atoms with van der Waals surface area (Å²) >= 11 is 0. The lowest BCUT2D eigenvalue weighted by atomic mass is 10.3. The van der Waals surface area contributed by atoms with Gasteiger partial charge in [-0.05, 0) is 24.3 Å². The molecule has 0 atom stereocenters. The van der Waals surface area contributed by atoms with Gasteiger partial charge in [0.15, 0.2) is 0 Å². The molecule has 82 valence electrons. The Labute approximate surface area is 87.3 Å². The average Bonchev–Trinajstić information content (AvgIpc) is 2.17. The zero-order chi connectivity index (χ0) is 11.5. The van der Waals surface area contributed by atoms with Crippen LogP contribution < -0.4 is 5.32 Å². The second-order valence-corrected chi connectivity index (χ2v) is 4.21. The maximum atomic E-state index is 12.5. The number of anilines is 1. The van der Waals surface area contributed by atoms with Crippen LogP contribution in [0.4, 0.5) is 9.57 Å². The molecule has 1 aromatic carbocycles. The first-order valence-corrected chi connectivity index (χ1v) is 5.66. The van der Waals surface area contributed by atoms with Gasteiger partial charge in [-0.1, -0.05) is 6.92 Å². The zero-order valence-corrected chi connectivity index (χ0v) is 8.84. The molecule has 0 aliphatic heterocycles. The highest BCUT2D eigenvalue weighted by atomic mass is 32.3. The van der Waals surface area contributed by atoms with Crippen LogP contribution in [0.25, 0.3) is 0 Å². The Kier molecular flexibility index (Phi) is 3.41. The van der Waals surface area contributed by atoms with Gasteiger partial charge >= 0.3 is 10.2 Å². The molecule has 1 N–H and O–H groups in total. The van der Waals surface area contributed by atoms with Crippen molar-refractivity contribution in [3.63, 3.8) is 0 Å². The van der Waals surface area contributed by atoms with Gasteiger partial charge in [0, 0.05) is 12.1 Å². The number of rotatable bonds is 3. The third-order valence-corrected chi connectivity index (χ3v) is 2.58. The smallest absolute Gasteiger partial charge is 0.326 e. The molecule has 0 aliphatic rings. The number of hydrogen-bond acceptors (Lipinski definition) is 3. The normalized spacial score (nSPS) is 11.1. The van der Waals surface area contributed by atoms with Crippen molar-refractivity contribution in [3.8, 4) is 0 Å². The highest BCUT2D eigenvalue weighted by Crippen LogP contribution is 2.15. The van der Waals surface area contributed by atoms with Gasteiger partial charge in [0.25, 0.3) is 0 Å². The molecular weight excluding hydrogens is 221 g/mol. The maximum Gasteiger partial charge on any atom is 0.332 e. The van der Waals surface area contributed by atoms with E-state index >= 15 is 0 Å². The molecule has 0 aliphatic carbocycles. The van der Waals surface area contributed by atoms with Gasteiger partial charge in [-0.3, -0.25) is 4.79 Å². The van der Waals surface area contributed by atoms with Crippen molar-refractivity contribution in [2.24, 2.45) is 0 Å². The van der Waals surface area contributed by atoms with Crippen LogP contribution in [0.5, 0.6) is 0 Å². The Morgan fingerprint density at radius 1 is 1.33 bits per heavy atom. The molecule has 0 unspecified atom stereocenters. The number of halogens is 1. The standard InChI is InChI=1S/C9H10FNO3S/c1-2-9(12)11-7-3-5-8(6-4-7)15(10,13)14/h3-6H,2H2,1H3,(H,11,12). The molecule has 15 heavy (non-hydrogen) atoms. The first-order valence-electron chi connectivity index (χ1n) is 4.28. The molecule has 6 heteroatoms. The third kappa shape index (κ3) is 3.32. The summed E-state index contributed by atoms with van der Waals surface area (Å²) in [6, 6.07) is 4.86. The Hall–Kier alpha value is -1.43. The van der Waals surface area contributed by atoms with Gasteiger partial charge in [0.2, 0.25) is 5.91 Å². The lowest BCUT2D eigenvalue weighted by molar-refractivity contribution is -0.115. The average molecular weight is 231 g/mol. The van der Waals surface area contributed by atoms with Crippen LogP contribution in [0, 0.1) is 0 Å². The lowest BCUT2D eigenvalue weighted by Crippen LogP contribution is -2.09. The van der Waals surface area contributed by atoms with Gasteiger partial charge in [-0.25, -0.2) is 0 Å². The van der Waals surface area contributed by atoms with Crippen molar-refractivity contribution in [3.05, 3.63) is 24.3 Å². The molecule has 1 amide bonds. The topological polar surface area (TPSA) is 63.2 Å². The first-order chi connectivity index (χ1) is 6.93. The Bertz CT molecular complexity index is 453. The maximum absolute atomic E-state index is 12.5. The summed E-state index contributed by atoms with van der Waals surface area (Å²) in [7, 11) is -4.67. The molecule has 0 saturated heterocycles. The Balaban J connectivity index is 2.86. The van der Waals surface area contributed by atoms with Gasteiger partial charge in [0.05, 0.1) is 4.90 Å². The van der Waals surface area contributed by atoms with E-state index in [0.717, 1.165) is 12.1 Å². The summed E-state index contributed by atoms with van der Waals surface area (Å²) < 4.78 is 33.4. The minimum Gasteiger partial charge on any atom is -0.326 e. The number of hydrogen-bond donors (Lipinski definition) is 1. The minimum absolute atomic E-state index is 0.189.